The molecule has 0 saturated heterocycles. The lowest BCUT2D eigenvalue weighted by atomic mass is 10.1. The summed E-state index contributed by atoms with van der Waals surface area (Å²) in [5, 5.41) is 16.1. The summed E-state index contributed by atoms with van der Waals surface area (Å²) in [7, 11) is 1.38. The van der Waals surface area contributed by atoms with Gasteiger partial charge < -0.3 is 5.11 Å². The highest BCUT2D eigenvalue weighted by molar-refractivity contribution is 5.93. The van der Waals surface area contributed by atoms with E-state index in [9.17, 15) is 14.0 Å². The molecule has 1 N–H and O–H groups in total. The summed E-state index contributed by atoms with van der Waals surface area (Å²) < 4.78 is 15.1. The fraction of sp³-hybridized carbons (Fsp3) is 0.200. The van der Waals surface area contributed by atoms with Gasteiger partial charge in [0.05, 0.1) is 11.3 Å². The van der Waals surface area contributed by atoms with Crippen LogP contribution in [0, 0.1) is 12.7 Å². The van der Waals surface area contributed by atoms with Crippen molar-refractivity contribution in [3.8, 4) is 5.69 Å². The number of hydrogen-bond acceptors (Lipinski definition) is 4. The predicted octanol–water partition coefficient (Wildman–Crippen LogP) is 0.112. The van der Waals surface area contributed by atoms with Crippen LogP contribution >= 0.6 is 0 Å². The number of carboxylic acids is 1. The Kier molecular flexibility index (Phi) is 2.70. The van der Waals surface area contributed by atoms with E-state index in [4.69, 9.17) is 5.11 Å². The molecule has 0 atom stereocenters. The minimum atomic E-state index is -1.33. The van der Waals surface area contributed by atoms with Gasteiger partial charge in [0, 0.05) is 12.6 Å². The molecule has 0 unspecified atom stereocenters. The molecule has 0 fully saturated rings. The second kappa shape index (κ2) is 4.06. The number of tetrazole rings is 1. The number of carboxylic acid groups (broad SMARTS) is 1. The first-order chi connectivity index (χ1) is 8.43. The lowest BCUT2D eigenvalue weighted by molar-refractivity contribution is 0.0695. The third-order valence-corrected chi connectivity index (χ3v) is 2.54. The van der Waals surface area contributed by atoms with E-state index >= 15 is 0 Å². The van der Waals surface area contributed by atoms with Crippen molar-refractivity contribution in [3.05, 3.63) is 39.6 Å². The van der Waals surface area contributed by atoms with Crippen LogP contribution in [0.25, 0.3) is 5.69 Å². The van der Waals surface area contributed by atoms with Crippen molar-refractivity contribution in [2.45, 2.75) is 6.92 Å². The Bertz CT molecular complexity index is 689. The Hall–Kier alpha value is -2.51. The van der Waals surface area contributed by atoms with Crippen LogP contribution in [0.1, 0.15) is 15.9 Å². The maximum atomic E-state index is 13.3. The molecule has 2 aromatic rings. The lowest BCUT2D eigenvalue weighted by Gasteiger charge is -2.07. The Morgan fingerprint density at radius 1 is 1.39 bits per heavy atom. The van der Waals surface area contributed by atoms with Crippen LogP contribution in [0.5, 0.6) is 0 Å². The fourth-order valence-electron chi connectivity index (χ4n) is 1.58. The average molecular weight is 252 g/mol. The van der Waals surface area contributed by atoms with Crippen LogP contribution < -0.4 is 5.69 Å². The number of benzene rings is 1. The van der Waals surface area contributed by atoms with Gasteiger partial charge in [-0.2, -0.15) is 9.36 Å². The molecule has 1 heterocycles. The highest BCUT2D eigenvalue weighted by atomic mass is 19.1. The fourth-order valence-corrected chi connectivity index (χ4v) is 1.58. The van der Waals surface area contributed by atoms with Gasteiger partial charge in [0.25, 0.3) is 0 Å². The lowest BCUT2D eigenvalue weighted by Crippen LogP contribution is -2.24. The zero-order valence-electron chi connectivity index (χ0n) is 9.59. The van der Waals surface area contributed by atoms with Gasteiger partial charge in [0.15, 0.2) is 0 Å². The quantitative estimate of drug-likeness (QED) is 0.819. The van der Waals surface area contributed by atoms with E-state index in [1.54, 1.807) is 0 Å². The van der Waals surface area contributed by atoms with Crippen LogP contribution in [0.4, 0.5) is 4.39 Å². The summed E-state index contributed by atoms with van der Waals surface area (Å²) >= 11 is 0. The van der Waals surface area contributed by atoms with Crippen molar-refractivity contribution in [1.82, 2.24) is 19.8 Å². The summed E-state index contributed by atoms with van der Waals surface area (Å²) in [5.41, 5.74) is -0.988. The summed E-state index contributed by atoms with van der Waals surface area (Å²) in [4.78, 5) is 22.8. The van der Waals surface area contributed by atoms with Gasteiger partial charge in [-0.05, 0) is 29.5 Å². The van der Waals surface area contributed by atoms with Gasteiger partial charge in [0.2, 0.25) is 0 Å². The van der Waals surface area contributed by atoms with E-state index in [0.29, 0.717) is 0 Å². The Morgan fingerprint density at radius 2 is 2.06 bits per heavy atom. The maximum absolute atomic E-state index is 13.3. The van der Waals surface area contributed by atoms with E-state index in [1.165, 1.54) is 20.0 Å². The van der Waals surface area contributed by atoms with Gasteiger partial charge in [-0.1, -0.05) is 0 Å². The number of halogens is 1. The van der Waals surface area contributed by atoms with Crippen LogP contribution in [0.2, 0.25) is 0 Å². The minimum absolute atomic E-state index is 0.0144. The van der Waals surface area contributed by atoms with Crippen molar-refractivity contribution >= 4 is 5.97 Å². The molecule has 0 aliphatic carbocycles. The van der Waals surface area contributed by atoms with E-state index in [1.807, 2.05) is 0 Å². The molecule has 1 aromatic carbocycles. The largest absolute Gasteiger partial charge is 0.478 e. The second-order valence-electron chi connectivity index (χ2n) is 3.67. The minimum Gasteiger partial charge on any atom is -0.478 e. The Morgan fingerprint density at radius 3 is 2.56 bits per heavy atom. The molecule has 0 aliphatic rings. The van der Waals surface area contributed by atoms with Crippen LogP contribution in [-0.4, -0.2) is 30.9 Å². The van der Waals surface area contributed by atoms with Crippen molar-refractivity contribution in [3.63, 3.8) is 0 Å². The van der Waals surface area contributed by atoms with Crippen molar-refractivity contribution in [1.29, 1.82) is 0 Å². The average Bonchev–Trinajstić information content (AvgIpc) is 2.63. The summed E-state index contributed by atoms with van der Waals surface area (Å²) in [6, 6.07) is 2.26. The van der Waals surface area contributed by atoms with Crippen LogP contribution in [-0.2, 0) is 7.05 Å². The third-order valence-electron chi connectivity index (χ3n) is 2.54. The molecular formula is C10H9FN4O3. The number of carbonyl (C=O) groups is 1. The second-order valence-corrected chi connectivity index (χ2v) is 3.67. The third kappa shape index (κ3) is 1.67. The highest BCUT2D eigenvalue weighted by Crippen LogP contribution is 2.19. The van der Waals surface area contributed by atoms with E-state index in [0.717, 1.165) is 15.4 Å². The molecule has 0 saturated carbocycles. The smallest absolute Gasteiger partial charge is 0.368 e. The van der Waals surface area contributed by atoms with Crippen molar-refractivity contribution in [2.24, 2.45) is 7.05 Å². The van der Waals surface area contributed by atoms with Gasteiger partial charge in [-0.3, -0.25) is 0 Å². The molecule has 0 amide bonds. The number of hydrogen-bond donors (Lipinski definition) is 1. The molecule has 2 rings (SSSR count). The van der Waals surface area contributed by atoms with Crippen molar-refractivity contribution < 1.29 is 14.3 Å². The van der Waals surface area contributed by atoms with E-state index < -0.39 is 17.5 Å². The molecular weight excluding hydrogens is 243 g/mol. The Balaban J connectivity index is 2.80. The van der Waals surface area contributed by atoms with Gasteiger partial charge in [-0.15, -0.1) is 0 Å². The normalized spacial score (nSPS) is 10.6. The molecule has 8 heteroatoms. The van der Waals surface area contributed by atoms with Gasteiger partial charge in [0.1, 0.15) is 5.82 Å². The van der Waals surface area contributed by atoms with E-state index in [-0.39, 0.29) is 16.8 Å². The topological polar surface area (TPSA) is 90.0 Å². The molecule has 94 valence electrons. The molecule has 7 nitrogen and oxygen atoms in total. The van der Waals surface area contributed by atoms with Crippen LogP contribution in [0.15, 0.2) is 16.9 Å². The van der Waals surface area contributed by atoms with Crippen LogP contribution in [0.3, 0.4) is 0 Å². The van der Waals surface area contributed by atoms with Gasteiger partial charge in [-0.25, -0.2) is 14.0 Å². The molecule has 0 radical (unpaired) electrons. The zero-order valence-corrected chi connectivity index (χ0v) is 9.59. The molecule has 0 spiro atoms. The SMILES string of the molecule is Cc1c(F)ccc(-n2nnn(C)c2=O)c1C(=O)O. The first kappa shape index (κ1) is 12.0. The predicted molar refractivity (Wildman–Crippen MR) is 58.3 cm³/mol. The number of aromatic carboxylic acids is 1. The molecule has 18 heavy (non-hydrogen) atoms. The molecule has 1 aromatic heterocycles. The first-order valence-corrected chi connectivity index (χ1v) is 4.95. The monoisotopic (exact) mass is 252 g/mol. The zero-order chi connectivity index (χ0) is 13.4. The highest BCUT2D eigenvalue weighted by Gasteiger charge is 2.20. The summed E-state index contributed by atoms with van der Waals surface area (Å²) in [6.07, 6.45) is 0. The van der Waals surface area contributed by atoms with Gasteiger partial charge >= 0.3 is 11.7 Å². The first-order valence-electron chi connectivity index (χ1n) is 4.95. The standard InChI is InChI=1S/C10H9FN4O3/c1-5-6(11)3-4-7(8(5)9(16)17)15-10(18)14(2)12-13-15/h3-4H,1-2H3,(H,16,17). The summed E-state index contributed by atoms with van der Waals surface area (Å²) in [5.74, 6) is -1.99. The number of aromatic nitrogens is 4. The van der Waals surface area contributed by atoms with E-state index in [2.05, 4.69) is 10.4 Å². The Labute approximate surface area is 100 Å². The molecule has 0 aliphatic heterocycles. The summed E-state index contributed by atoms with van der Waals surface area (Å²) in [6.45, 7) is 1.32. The number of aryl methyl sites for hydroxylation is 1. The number of rotatable bonds is 2. The molecule has 0 bridgehead atoms. The number of nitrogens with zero attached hydrogens (tertiary/aromatic N) is 4. The van der Waals surface area contributed by atoms with Crippen molar-refractivity contribution in [2.75, 3.05) is 0 Å². The maximum Gasteiger partial charge on any atom is 0.368 e.